The smallest absolute Gasteiger partial charge is 0.255 e. The molecule has 2 aromatic heterocycles. The van der Waals surface area contributed by atoms with Crippen molar-refractivity contribution < 1.29 is 18.8 Å². The van der Waals surface area contributed by atoms with Gasteiger partial charge < -0.3 is 4.90 Å². The average molecular weight is 486 g/mol. The fraction of sp³-hybridized carbons (Fsp3) is 0.296. The third-order valence-corrected chi connectivity index (χ3v) is 7.27. The number of likely N-dealkylation sites (tertiary alicyclic amines) is 1. The average Bonchev–Trinajstić information content (AvgIpc) is 3.18. The number of imide groups is 1. The summed E-state index contributed by atoms with van der Waals surface area (Å²) in [6.45, 7) is 2.42. The summed E-state index contributed by atoms with van der Waals surface area (Å²) in [5.74, 6) is -0.993. The monoisotopic (exact) mass is 485 g/mol. The van der Waals surface area contributed by atoms with E-state index in [1.165, 1.54) is 10.5 Å². The highest BCUT2D eigenvalue weighted by atomic mass is 19.1. The Bertz CT molecular complexity index is 1370. The van der Waals surface area contributed by atoms with Crippen LogP contribution in [0.2, 0.25) is 0 Å². The van der Waals surface area contributed by atoms with Crippen LogP contribution in [0.15, 0.2) is 55.0 Å². The van der Waals surface area contributed by atoms with Crippen LogP contribution in [0.1, 0.15) is 45.8 Å². The molecule has 0 bridgehead atoms. The molecule has 1 unspecified atom stereocenters. The fourth-order valence-corrected chi connectivity index (χ4v) is 5.30. The molecule has 0 radical (unpaired) electrons. The molecule has 8 nitrogen and oxygen atoms in total. The molecule has 3 aromatic rings. The maximum absolute atomic E-state index is 15.5. The first kappa shape index (κ1) is 22.5. The molecular weight excluding hydrogens is 461 g/mol. The molecule has 1 aromatic carbocycles. The number of nitrogens with zero attached hydrogens (tertiary/aromatic N) is 4. The minimum absolute atomic E-state index is 0.198. The summed E-state index contributed by atoms with van der Waals surface area (Å²) >= 11 is 0. The molecule has 9 heteroatoms. The lowest BCUT2D eigenvalue weighted by Crippen LogP contribution is -2.52. The molecule has 36 heavy (non-hydrogen) atoms. The van der Waals surface area contributed by atoms with Gasteiger partial charge in [-0.3, -0.25) is 34.6 Å². The molecule has 3 aliphatic heterocycles. The number of hydrogen-bond acceptors (Lipinski definition) is 6. The van der Waals surface area contributed by atoms with Crippen LogP contribution in [0.4, 0.5) is 4.39 Å². The number of benzene rings is 1. The Morgan fingerprint density at radius 2 is 1.94 bits per heavy atom. The van der Waals surface area contributed by atoms with Gasteiger partial charge in [0.05, 0.1) is 0 Å². The van der Waals surface area contributed by atoms with Gasteiger partial charge in [-0.2, -0.15) is 0 Å². The van der Waals surface area contributed by atoms with Crippen LogP contribution < -0.4 is 5.32 Å². The predicted octanol–water partition coefficient (Wildman–Crippen LogP) is 2.64. The van der Waals surface area contributed by atoms with Crippen LogP contribution in [0.3, 0.4) is 0 Å². The van der Waals surface area contributed by atoms with Crippen LogP contribution in [-0.2, 0) is 22.7 Å². The van der Waals surface area contributed by atoms with Crippen LogP contribution in [-0.4, -0.2) is 56.6 Å². The Hall–Kier alpha value is -3.98. The van der Waals surface area contributed by atoms with Gasteiger partial charge in [0.25, 0.3) is 5.91 Å². The number of pyridine rings is 2. The summed E-state index contributed by atoms with van der Waals surface area (Å²) in [5.41, 5.74) is 3.81. The van der Waals surface area contributed by atoms with Crippen molar-refractivity contribution in [1.82, 2.24) is 25.1 Å². The van der Waals surface area contributed by atoms with E-state index in [4.69, 9.17) is 0 Å². The van der Waals surface area contributed by atoms with Crippen molar-refractivity contribution in [2.45, 2.75) is 37.9 Å². The molecule has 182 valence electrons. The van der Waals surface area contributed by atoms with E-state index in [0.717, 1.165) is 18.7 Å². The molecule has 3 amide bonds. The standard InChI is InChI=1S/C27H24FN5O3/c28-24-18(12-32-13-20(14-32)17-2-1-8-29-11-17)7-9-30-25(24)16-3-4-21-19(10-16)15-33(27(21)36)22-5-6-23(34)31-26(22)35/h1-4,7-11,20,22H,5-6,12-15H2,(H,31,34,35). The molecule has 2 fully saturated rings. The number of aromatic nitrogens is 2. The van der Waals surface area contributed by atoms with E-state index < -0.39 is 11.9 Å². The zero-order valence-corrected chi connectivity index (χ0v) is 19.5. The third kappa shape index (κ3) is 3.95. The first-order valence-electron chi connectivity index (χ1n) is 12.0. The molecule has 2 saturated heterocycles. The van der Waals surface area contributed by atoms with Crippen molar-refractivity contribution in [3.05, 3.63) is 83.1 Å². The van der Waals surface area contributed by atoms with E-state index in [9.17, 15) is 14.4 Å². The second-order valence-electron chi connectivity index (χ2n) is 9.58. The highest BCUT2D eigenvalue weighted by Crippen LogP contribution is 2.33. The number of carbonyl (C=O) groups is 3. The first-order chi connectivity index (χ1) is 17.5. The number of amides is 3. The van der Waals surface area contributed by atoms with Gasteiger partial charge in [-0.15, -0.1) is 0 Å². The van der Waals surface area contributed by atoms with Crippen LogP contribution >= 0.6 is 0 Å². The summed E-state index contributed by atoms with van der Waals surface area (Å²) in [4.78, 5) is 48.9. The number of halogens is 1. The minimum Gasteiger partial charge on any atom is -0.322 e. The second-order valence-corrected chi connectivity index (χ2v) is 9.58. The largest absolute Gasteiger partial charge is 0.322 e. The van der Waals surface area contributed by atoms with E-state index in [1.54, 1.807) is 36.7 Å². The molecule has 5 heterocycles. The van der Waals surface area contributed by atoms with Crippen molar-refractivity contribution in [2.75, 3.05) is 13.1 Å². The van der Waals surface area contributed by atoms with Crippen LogP contribution in [0.5, 0.6) is 0 Å². The molecule has 0 spiro atoms. The highest BCUT2D eigenvalue weighted by Gasteiger charge is 2.39. The highest BCUT2D eigenvalue weighted by molar-refractivity contribution is 6.05. The van der Waals surface area contributed by atoms with Gasteiger partial charge in [-0.1, -0.05) is 12.1 Å². The van der Waals surface area contributed by atoms with Gasteiger partial charge in [0, 0.05) is 73.8 Å². The van der Waals surface area contributed by atoms with Gasteiger partial charge in [-0.25, -0.2) is 4.39 Å². The quantitative estimate of drug-likeness (QED) is 0.559. The normalized spacial score (nSPS) is 20.3. The maximum atomic E-state index is 15.5. The summed E-state index contributed by atoms with van der Waals surface area (Å²) in [6.07, 6.45) is 5.75. The molecule has 6 rings (SSSR count). The van der Waals surface area contributed by atoms with Gasteiger partial charge >= 0.3 is 0 Å². The van der Waals surface area contributed by atoms with Crippen molar-refractivity contribution in [3.8, 4) is 11.3 Å². The second kappa shape index (κ2) is 8.91. The minimum atomic E-state index is -0.684. The Kier molecular flexibility index (Phi) is 5.56. The lowest BCUT2D eigenvalue weighted by atomic mass is 9.92. The first-order valence-corrected chi connectivity index (χ1v) is 12.0. The Balaban J connectivity index is 1.18. The summed E-state index contributed by atoms with van der Waals surface area (Å²) in [5, 5.41) is 2.30. The van der Waals surface area contributed by atoms with Crippen molar-refractivity contribution in [3.63, 3.8) is 0 Å². The predicted molar refractivity (Wildman–Crippen MR) is 128 cm³/mol. The van der Waals surface area contributed by atoms with E-state index in [2.05, 4.69) is 26.3 Å². The van der Waals surface area contributed by atoms with E-state index in [1.807, 2.05) is 12.3 Å². The Morgan fingerprint density at radius 1 is 1.08 bits per heavy atom. The molecule has 1 atom stereocenters. The van der Waals surface area contributed by atoms with Gasteiger partial charge in [0.1, 0.15) is 11.7 Å². The molecule has 0 saturated carbocycles. The van der Waals surface area contributed by atoms with E-state index in [0.29, 0.717) is 35.6 Å². The van der Waals surface area contributed by atoms with Crippen molar-refractivity contribution in [2.24, 2.45) is 0 Å². The van der Waals surface area contributed by atoms with Crippen molar-refractivity contribution in [1.29, 1.82) is 0 Å². The van der Waals surface area contributed by atoms with E-state index in [-0.39, 0.29) is 36.3 Å². The fourth-order valence-electron chi connectivity index (χ4n) is 5.30. The zero-order chi connectivity index (χ0) is 24.8. The Morgan fingerprint density at radius 3 is 2.72 bits per heavy atom. The Labute approximate surface area is 207 Å². The third-order valence-electron chi connectivity index (χ3n) is 7.27. The number of rotatable bonds is 5. The number of fused-ring (bicyclic) bond motifs is 1. The number of piperidine rings is 1. The maximum Gasteiger partial charge on any atom is 0.255 e. The van der Waals surface area contributed by atoms with Gasteiger partial charge in [-0.05, 0) is 41.8 Å². The van der Waals surface area contributed by atoms with Crippen LogP contribution in [0, 0.1) is 5.82 Å². The number of nitrogens with one attached hydrogen (secondary N) is 1. The van der Waals surface area contributed by atoms with E-state index >= 15 is 4.39 Å². The molecule has 0 aliphatic carbocycles. The lowest BCUT2D eigenvalue weighted by Gasteiger charge is -2.39. The van der Waals surface area contributed by atoms with Crippen molar-refractivity contribution >= 4 is 17.7 Å². The SMILES string of the molecule is O=C1CCC(N2Cc3cc(-c4nccc(CN5CC(c6cccnc6)C5)c4F)ccc3C2=O)C(=O)N1. The van der Waals surface area contributed by atoms with Gasteiger partial charge in [0.15, 0.2) is 5.82 Å². The topological polar surface area (TPSA) is 95.5 Å². The molecule has 3 aliphatic rings. The lowest BCUT2D eigenvalue weighted by molar-refractivity contribution is -0.136. The van der Waals surface area contributed by atoms with Gasteiger partial charge in [0.2, 0.25) is 11.8 Å². The number of carbonyl (C=O) groups excluding carboxylic acids is 3. The summed E-state index contributed by atoms with van der Waals surface area (Å²) in [6, 6.07) is 10.2. The zero-order valence-electron chi connectivity index (χ0n) is 19.5. The summed E-state index contributed by atoms with van der Waals surface area (Å²) < 4.78 is 15.5. The van der Waals surface area contributed by atoms with Crippen LogP contribution in [0.25, 0.3) is 11.3 Å². The summed E-state index contributed by atoms with van der Waals surface area (Å²) in [7, 11) is 0. The molecule has 1 N–H and O–H groups in total. The molecular formula is C27H24FN5O3. The number of hydrogen-bond donors (Lipinski definition) is 1.